The molecule has 0 amide bonds. The molecule has 2 aliphatic carbocycles. The van der Waals surface area contributed by atoms with Crippen LogP contribution in [0.4, 0.5) is 0 Å². The van der Waals surface area contributed by atoms with Crippen LogP contribution in [0.1, 0.15) is 18.1 Å². The summed E-state index contributed by atoms with van der Waals surface area (Å²) >= 11 is 2.41. The number of hydrogen-bond acceptors (Lipinski definition) is 5. The van der Waals surface area contributed by atoms with Crippen LogP contribution in [0, 0.1) is 5.92 Å². The smallest absolute Gasteiger partial charge is 0.336 e. The zero-order valence-electron chi connectivity index (χ0n) is 16.8. The van der Waals surface area contributed by atoms with Crippen molar-refractivity contribution in [2.24, 2.45) is 5.92 Å². The summed E-state index contributed by atoms with van der Waals surface area (Å²) in [7, 11) is 4.21. The van der Waals surface area contributed by atoms with Crippen molar-refractivity contribution in [1.29, 1.82) is 0 Å². The number of ether oxygens (including phenoxy) is 2. The van der Waals surface area contributed by atoms with Gasteiger partial charge in [-0.2, -0.15) is 0 Å². The molecule has 5 atom stereocenters. The Kier molecular flexibility index (Phi) is 5.61. The summed E-state index contributed by atoms with van der Waals surface area (Å²) in [5.41, 5.74) is 1.97. The molecule has 0 bridgehead atoms. The SMILES string of the molecule is C/C=C/C=C/C(=O)Oc1ccc2c3c1O[C@H]1[C@@H](O)C=C[C@@H]([C@H](N(C)C)C2)[C@@]31CI. The fourth-order valence-electron chi connectivity index (χ4n) is 5.04. The van der Waals surface area contributed by atoms with Crippen LogP contribution in [0.15, 0.2) is 48.6 Å². The van der Waals surface area contributed by atoms with E-state index < -0.39 is 12.1 Å². The van der Waals surface area contributed by atoms with Crippen molar-refractivity contribution in [2.45, 2.75) is 37.0 Å². The Balaban J connectivity index is 1.81. The zero-order chi connectivity index (χ0) is 20.8. The minimum atomic E-state index is -0.694. The first-order valence-electron chi connectivity index (χ1n) is 9.87. The highest BCUT2D eigenvalue weighted by molar-refractivity contribution is 14.1. The molecular weight excluding hydrogens is 481 g/mol. The monoisotopic (exact) mass is 507 g/mol. The molecule has 1 N–H and O–H groups in total. The molecule has 0 saturated heterocycles. The van der Waals surface area contributed by atoms with E-state index in [2.05, 4.69) is 47.7 Å². The lowest BCUT2D eigenvalue weighted by atomic mass is 9.57. The van der Waals surface area contributed by atoms with Gasteiger partial charge in [0.05, 0.1) is 5.41 Å². The molecule has 1 aliphatic heterocycles. The quantitative estimate of drug-likeness (QED) is 0.126. The van der Waals surface area contributed by atoms with E-state index in [1.54, 1.807) is 12.2 Å². The number of nitrogens with zero attached hydrogens (tertiary/aromatic N) is 1. The predicted molar refractivity (Wildman–Crippen MR) is 121 cm³/mol. The van der Waals surface area contributed by atoms with Crippen LogP contribution in [-0.4, -0.2) is 52.7 Å². The summed E-state index contributed by atoms with van der Waals surface area (Å²) in [6.07, 6.45) is 10.5. The van der Waals surface area contributed by atoms with Crippen molar-refractivity contribution in [3.8, 4) is 11.5 Å². The van der Waals surface area contributed by atoms with E-state index in [9.17, 15) is 9.90 Å². The number of hydrogen-bond donors (Lipinski definition) is 1. The number of esters is 1. The fraction of sp³-hybridized carbons (Fsp3) is 0.435. The van der Waals surface area contributed by atoms with Gasteiger partial charge in [-0.3, -0.25) is 0 Å². The Morgan fingerprint density at radius 3 is 2.86 bits per heavy atom. The lowest BCUT2D eigenvalue weighted by Crippen LogP contribution is -2.61. The average molecular weight is 507 g/mol. The van der Waals surface area contributed by atoms with Crippen molar-refractivity contribution >= 4 is 28.6 Å². The van der Waals surface area contributed by atoms with E-state index in [4.69, 9.17) is 9.47 Å². The summed E-state index contributed by atoms with van der Waals surface area (Å²) in [5.74, 6) is 0.809. The van der Waals surface area contributed by atoms with E-state index in [-0.39, 0.29) is 17.4 Å². The largest absolute Gasteiger partial charge is 0.482 e. The predicted octanol–water partition coefficient (Wildman–Crippen LogP) is 3.19. The van der Waals surface area contributed by atoms with Gasteiger partial charge in [0.1, 0.15) is 12.2 Å². The standard InChI is InChI=1S/C23H26INO4/c1-4-5-6-7-19(27)28-18-11-8-14-12-16(25(2)3)15-9-10-17(26)22-23(15,13-24)20(14)21(18)29-22/h4-11,15-17,22,26H,12-13H2,1-3H3/b5-4+,7-6+/t15-,16+,17-,22-,23-/m0/s1. The van der Waals surface area contributed by atoms with Gasteiger partial charge in [0.25, 0.3) is 0 Å². The maximum atomic E-state index is 12.3. The number of benzene rings is 1. The number of alkyl halides is 1. The maximum Gasteiger partial charge on any atom is 0.336 e. The first kappa shape index (κ1) is 20.6. The van der Waals surface area contributed by atoms with Gasteiger partial charge in [0.2, 0.25) is 0 Å². The van der Waals surface area contributed by atoms with Crippen LogP contribution in [0.5, 0.6) is 11.5 Å². The van der Waals surface area contributed by atoms with Crippen LogP contribution in [0.3, 0.4) is 0 Å². The highest BCUT2D eigenvalue weighted by atomic mass is 127. The van der Waals surface area contributed by atoms with E-state index in [0.717, 1.165) is 16.4 Å². The van der Waals surface area contributed by atoms with Crippen molar-refractivity contribution in [1.82, 2.24) is 4.90 Å². The minimum absolute atomic E-state index is 0.220. The highest BCUT2D eigenvalue weighted by Crippen LogP contribution is 2.60. The molecule has 0 saturated carbocycles. The van der Waals surface area contributed by atoms with Crippen LogP contribution in [0.25, 0.3) is 0 Å². The highest BCUT2D eigenvalue weighted by Gasteiger charge is 2.62. The molecule has 3 aliphatic rings. The molecule has 0 aromatic heterocycles. The Morgan fingerprint density at radius 1 is 1.38 bits per heavy atom. The lowest BCUT2D eigenvalue weighted by molar-refractivity contribution is -0.129. The van der Waals surface area contributed by atoms with Gasteiger partial charge in [-0.05, 0) is 39.1 Å². The van der Waals surface area contributed by atoms with Crippen molar-refractivity contribution < 1.29 is 19.4 Å². The molecule has 0 spiro atoms. The van der Waals surface area contributed by atoms with Gasteiger partial charge < -0.3 is 19.5 Å². The number of likely N-dealkylation sites (N-methyl/N-ethyl adjacent to an activating group) is 1. The van der Waals surface area contributed by atoms with Gasteiger partial charge in [-0.25, -0.2) is 4.79 Å². The van der Waals surface area contributed by atoms with Crippen LogP contribution >= 0.6 is 22.6 Å². The Labute approximate surface area is 185 Å². The van der Waals surface area contributed by atoms with Gasteiger partial charge in [-0.1, -0.05) is 59.0 Å². The van der Waals surface area contributed by atoms with Gasteiger partial charge in [-0.15, -0.1) is 0 Å². The van der Waals surface area contributed by atoms with E-state index in [1.165, 1.54) is 11.6 Å². The molecule has 154 valence electrons. The number of allylic oxidation sites excluding steroid dienone is 3. The summed E-state index contributed by atoms with van der Waals surface area (Å²) < 4.78 is 12.8. The lowest BCUT2D eigenvalue weighted by Gasteiger charge is -2.51. The molecule has 6 heteroatoms. The minimum Gasteiger partial charge on any atom is -0.482 e. The van der Waals surface area contributed by atoms with Gasteiger partial charge in [0.15, 0.2) is 11.5 Å². The molecule has 1 aromatic rings. The van der Waals surface area contributed by atoms with E-state index >= 15 is 0 Å². The van der Waals surface area contributed by atoms with Gasteiger partial charge >= 0.3 is 5.97 Å². The second-order valence-corrected chi connectivity index (χ2v) is 8.84. The van der Waals surface area contributed by atoms with Crippen LogP contribution in [0.2, 0.25) is 0 Å². The fourth-order valence-corrected chi connectivity index (χ4v) is 6.36. The molecule has 5 nitrogen and oxygen atoms in total. The van der Waals surface area contributed by atoms with Crippen LogP contribution < -0.4 is 9.47 Å². The molecule has 4 rings (SSSR count). The third-order valence-electron chi connectivity index (χ3n) is 6.32. The number of aliphatic hydroxyl groups is 1. The van der Waals surface area contributed by atoms with E-state index in [1.807, 2.05) is 31.2 Å². The van der Waals surface area contributed by atoms with Crippen molar-refractivity contribution in [3.05, 3.63) is 59.7 Å². The molecular formula is C23H26INO4. The normalized spacial score (nSPS) is 32.1. The third kappa shape index (κ3) is 3.16. The first-order valence-corrected chi connectivity index (χ1v) is 11.4. The second-order valence-electron chi connectivity index (χ2n) is 8.08. The molecule has 29 heavy (non-hydrogen) atoms. The molecule has 0 unspecified atom stereocenters. The zero-order valence-corrected chi connectivity index (χ0v) is 19.0. The van der Waals surface area contributed by atoms with Crippen molar-refractivity contribution in [2.75, 3.05) is 18.5 Å². The third-order valence-corrected chi connectivity index (χ3v) is 7.58. The number of carbonyl (C=O) groups is 1. The Bertz CT molecular complexity index is 906. The maximum absolute atomic E-state index is 12.3. The molecule has 1 heterocycles. The van der Waals surface area contributed by atoms with E-state index in [0.29, 0.717) is 17.5 Å². The molecule has 0 fully saturated rings. The Morgan fingerprint density at radius 2 is 2.17 bits per heavy atom. The molecule has 1 aromatic carbocycles. The average Bonchev–Trinajstić information content (AvgIpc) is 3.07. The van der Waals surface area contributed by atoms with Gasteiger partial charge in [0, 0.05) is 28.0 Å². The first-order chi connectivity index (χ1) is 13.9. The number of halogens is 1. The molecule has 0 radical (unpaired) electrons. The van der Waals surface area contributed by atoms with Crippen molar-refractivity contribution in [3.63, 3.8) is 0 Å². The summed E-state index contributed by atoms with van der Waals surface area (Å²) in [5, 5.41) is 10.8. The second kappa shape index (κ2) is 7.89. The summed E-state index contributed by atoms with van der Waals surface area (Å²) in [6.45, 7) is 1.88. The number of carbonyl (C=O) groups excluding carboxylic acids is 1. The Hall–Kier alpha value is -1.64. The summed E-state index contributed by atoms with van der Waals surface area (Å²) in [6, 6.07) is 4.19. The number of rotatable bonds is 5. The number of aliphatic hydroxyl groups excluding tert-OH is 1. The topological polar surface area (TPSA) is 59.0 Å². The van der Waals surface area contributed by atoms with Crippen LogP contribution in [-0.2, 0) is 16.6 Å². The summed E-state index contributed by atoms with van der Waals surface area (Å²) in [4.78, 5) is 14.5.